The number of rotatable bonds is 7. The van der Waals surface area contributed by atoms with Gasteiger partial charge in [-0.25, -0.2) is 4.39 Å². The lowest BCUT2D eigenvalue weighted by Crippen LogP contribution is -2.41. The van der Waals surface area contributed by atoms with Gasteiger partial charge in [-0.3, -0.25) is 4.99 Å². The number of likely N-dealkylation sites (N-methyl/N-ethyl adjacent to an activating group) is 1. The van der Waals surface area contributed by atoms with E-state index in [9.17, 15) is 4.39 Å². The summed E-state index contributed by atoms with van der Waals surface area (Å²) in [5.41, 5.74) is 2.34. The van der Waals surface area contributed by atoms with Crippen molar-refractivity contribution in [3.63, 3.8) is 0 Å². The highest BCUT2D eigenvalue weighted by Crippen LogP contribution is 2.05. The van der Waals surface area contributed by atoms with Crippen molar-refractivity contribution in [2.45, 2.75) is 13.1 Å². The third kappa shape index (κ3) is 5.90. The van der Waals surface area contributed by atoms with Crippen molar-refractivity contribution in [3.8, 4) is 0 Å². The molecule has 0 unspecified atom stereocenters. The maximum Gasteiger partial charge on any atom is 0.193 e. The first-order chi connectivity index (χ1) is 12.0. The van der Waals surface area contributed by atoms with E-state index in [1.54, 1.807) is 7.05 Å². The zero-order valence-corrected chi connectivity index (χ0v) is 15.5. The number of aromatic nitrogens is 1. The van der Waals surface area contributed by atoms with Gasteiger partial charge in [0, 0.05) is 52.7 Å². The van der Waals surface area contributed by atoms with Crippen molar-refractivity contribution in [2.24, 2.45) is 12.0 Å². The van der Waals surface area contributed by atoms with Gasteiger partial charge in [-0.05, 0) is 36.9 Å². The number of nitrogens with one attached hydrogen (secondary N) is 1. The van der Waals surface area contributed by atoms with Crippen molar-refractivity contribution >= 4 is 5.96 Å². The van der Waals surface area contributed by atoms with E-state index in [-0.39, 0.29) is 5.82 Å². The molecule has 136 valence electrons. The molecule has 1 aromatic carbocycles. The fourth-order valence-corrected chi connectivity index (χ4v) is 2.70. The third-order valence-electron chi connectivity index (χ3n) is 4.17. The Morgan fingerprint density at radius 1 is 1.16 bits per heavy atom. The normalized spacial score (nSPS) is 11.8. The van der Waals surface area contributed by atoms with Crippen LogP contribution in [0.25, 0.3) is 0 Å². The zero-order valence-electron chi connectivity index (χ0n) is 15.5. The summed E-state index contributed by atoms with van der Waals surface area (Å²) in [6, 6.07) is 10.8. The fourth-order valence-electron chi connectivity index (χ4n) is 2.70. The monoisotopic (exact) mass is 345 g/mol. The summed E-state index contributed by atoms with van der Waals surface area (Å²) in [4.78, 5) is 8.66. The van der Waals surface area contributed by atoms with E-state index in [1.807, 2.05) is 38.5 Å². The smallest absolute Gasteiger partial charge is 0.193 e. The summed E-state index contributed by atoms with van der Waals surface area (Å²) >= 11 is 0. The first-order valence-electron chi connectivity index (χ1n) is 8.44. The molecule has 0 aliphatic heterocycles. The molecule has 0 fully saturated rings. The summed E-state index contributed by atoms with van der Waals surface area (Å²) in [7, 11) is 7.93. The molecular weight excluding hydrogens is 317 g/mol. The van der Waals surface area contributed by atoms with Gasteiger partial charge in [-0.2, -0.15) is 0 Å². The molecule has 0 bridgehead atoms. The van der Waals surface area contributed by atoms with Gasteiger partial charge in [-0.1, -0.05) is 12.1 Å². The molecule has 0 aliphatic rings. The lowest BCUT2D eigenvalue weighted by Gasteiger charge is -2.24. The topological polar surface area (TPSA) is 35.8 Å². The molecule has 0 aliphatic carbocycles. The Balaban J connectivity index is 1.76. The quantitative estimate of drug-likeness (QED) is 0.618. The van der Waals surface area contributed by atoms with Crippen molar-refractivity contribution in [1.29, 1.82) is 0 Å². The maximum absolute atomic E-state index is 12.9. The van der Waals surface area contributed by atoms with Crippen LogP contribution in [0, 0.1) is 5.82 Å². The summed E-state index contributed by atoms with van der Waals surface area (Å²) in [6.07, 6.45) is 2.05. The molecule has 1 heterocycles. The molecule has 0 radical (unpaired) electrons. The largest absolute Gasteiger partial charge is 0.355 e. The second kappa shape index (κ2) is 9.22. The predicted molar refractivity (Wildman–Crippen MR) is 101 cm³/mol. The Bertz CT molecular complexity index is 677. The Labute approximate surface area is 149 Å². The zero-order chi connectivity index (χ0) is 18.2. The SMILES string of the molecule is CN=C(NCCN(C)Cc1ccc(F)cc1)N(C)Cc1cccn1C. The van der Waals surface area contributed by atoms with E-state index in [0.29, 0.717) is 0 Å². The molecule has 2 rings (SSSR count). The van der Waals surface area contributed by atoms with Crippen LogP contribution >= 0.6 is 0 Å². The van der Waals surface area contributed by atoms with Crippen LogP contribution in [0.3, 0.4) is 0 Å². The number of aliphatic imine (C=N–C) groups is 1. The minimum atomic E-state index is -0.196. The Morgan fingerprint density at radius 2 is 1.88 bits per heavy atom. The van der Waals surface area contributed by atoms with E-state index >= 15 is 0 Å². The molecule has 0 atom stereocenters. The van der Waals surface area contributed by atoms with Gasteiger partial charge in [-0.15, -0.1) is 0 Å². The van der Waals surface area contributed by atoms with Crippen LogP contribution in [-0.4, -0.2) is 54.6 Å². The van der Waals surface area contributed by atoms with Crippen molar-refractivity contribution in [2.75, 3.05) is 34.2 Å². The number of nitrogens with zero attached hydrogens (tertiary/aromatic N) is 4. The van der Waals surface area contributed by atoms with Gasteiger partial charge >= 0.3 is 0 Å². The molecule has 1 aromatic heterocycles. The predicted octanol–water partition coefficient (Wildman–Crippen LogP) is 2.30. The van der Waals surface area contributed by atoms with Crippen LogP contribution in [0.15, 0.2) is 47.6 Å². The van der Waals surface area contributed by atoms with Gasteiger partial charge in [0.1, 0.15) is 5.82 Å². The minimum Gasteiger partial charge on any atom is -0.355 e. The molecule has 0 amide bonds. The van der Waals surface area contributed by atoms with Crippen LogP contribution < -0.4 is 5.32 Å². The second-order valence-electron chi connectivity index (χ2n) is 6.30. The number of hydrogen-bond donors (Lipinski definition) is 1. The molecule has 2 aromatic rings. The van der Waals surface area contributed by atoms with Crippen LogP contribution in [0.5, 0.6) is 0 Å². The lowest BCUT2D eigenvalue weighted by molar-refractivity contribution is 0.328. The van der Waals surface area contributed by atoms with Crippen LogP contribution in [-0.2, 0) is 20.1 Å². The van der Waals surface area contributed by atoms with Gasteiger partial charge in [0.2, 0.25) is 0 Å². The average Bonchev–Trinajstić information content (AvgIpc) is 2.98. The van der Waals surface area contributed by atoms with Gasteiger partial charge in [0.25, 0.3) is 0 Å². The van der Waals surface area contributed by atoms with Crippen LogP contribution in [0.1, 0.15) is 11.3 Å². The van der Waals surface area contributed by atoms with Crippen LogP contribution in [0.4, 0.5) is 4.39 Å². The highest BCUT2D eigenvalue weighted by atomic mass is 19.1. The van der Waals surface area contributed by atoms with Gasteiger partial charge < -0.3 is 19.7 Å². The third-order valence-corrected chi connectivity index (χ3v) is 4.17. The Morgan fingerprint density at radius 3 is 2.48 bits per heavy atom. The molecule has 5 nitrogen and oxygen atoms in total. The van der Waals surface area contributed by atoms with E-state index in [0.717, 1.165) is 37.7 Å². The minimum absolute atomic E-state index is 0.196. The maximum atomic E-state index is 12.9. The highest BCUT2D eigenvalue weighted by Gasteiger charge is 2.08. The van der Waals surface area contributed by atoms with E-state index in [2.05, 4.69) is 37.8 Å². The molecular formula is C19H28FN5. The second-order valence-corrected chi connectivity index (χ2v) is 6.30. The van der Waals surface area contributed by atoms with E-state index in [4.69, 9.17) is 0 Å². The number of benzene rings is 1. The first-order valence-corrected chi connectivity index (χ1v) is 8.44. The van der Waals surface area contributed by atoms with Gasteiger partial charge in [0.15, 0.2) is 5.96 Å². The molecule has 6 heteroatoms. The number of hydrogen-bond acceptors (Lipinski definition) is 2. The molecule has 25 heavy (non-hydrogen) atoms. The fraction of sp³-hybridized carbons (Fsp3) is 0.421. The van der Waals surface area contributed by atoms with E-state index in [1.165, 1.54) is 17.8 Å². The first kappa shape index (κ1) is 19.0. The average molecular weight is 345 g/mol. The standard InChI is InChI=1S/C19H28FN5/c1-21-19(25(4)15-18-6-5-12-24(18)3)22-11-13-23(2)14-16-7-9-17(20)10-8-16/h5-10,12H,11,13-15H2,1-4H3,(H,21,22). The van der Waals surface area contributed by atoms with Crippen molar-refractivity contribution < 1.29 is 4.39 Å². The van der Waals surface area contributed by atoms with Crippen molar-refractivity contribution in [3.05, 3.63) is 59.7 Å². The molecule has 0 saturated carbocycles. The summed E-state index contributed by atoms with van der Waals surface area (Å²) < 4.78 is 15.1. The summed E-state index contributed by atoms with van der Waals surface area (Å²) in [6.45, 7) is 3.25. The Kier molecular flexibility index (Phi) is 7.01. The summed E-state index contributed by atoms with van der Waals surface area (Å²) in [5, 5.41) is 3.39. The number of halogens is 1. The lowest BCUT2D eigenvalue weighted by atomic mass is 10.2. The molecule has 0 spiro atoms. The summed E-state index contributed by atoms with van der Waals surface area (Å²) in [5.74, 6) is 0.675. The highest BCUT2D eigenvalue weighted by molar-refractivity contribution is 5.79. The number of aryl methyl sites for hydroxylation is 1. The van der Waals surface area contributed by atoms with E-state index < -0.39 is 0 Å². The van der Waals surface area contributed by atoms with Crippen molar-refractivity contribution in [1.82, 2.24) is 19.7 Å². The number of guanidine groups is 1. The van der Waals surface area contributed by atoms with Crippen LogP contribution in [0.2, 0.25) is 0 Å². The molecule has 1 N–H and O–H groups in total. The Hall–Kier alpha value is -2.34. The molecule has 0 saturated heterocycles. The van der Waals surface area contributed by atoms with Gasteiger partial charge in [0.05, 0.1) is 6.54 Å².